The normalized spacial score (nSPS) is 17.7. The summed E-state index contributed by atoms with van der Waals surface area (Å²) < 4.78 is 7.96. The number of aromatic nitrogens is 2. The molecule has 0 amide bonds. The number of ether oxygens (including phenoxy) is 1. The van der Waals surface area contributed by atoms with Gasteiger partial charge >= 0.3 is 0 Å². The van der Waals surface area contributed by atoms with Gasteiger partial charge in [0, 0.05) is 29.5 Å². The summed E-state index contributed by atoms with van der Waals surface area (Å²) in [5, 5.41) is 13.9. The number of hydrogen-bond donors (Lipinski definition) is 2. The van der Waals surface area contributed by atoms with Gasteiger partial charge in [-0.3, -0.25) is 4.98 Å². The Labute approximate surface area is 204 Å². The van der Waals surface area contributed by atoms with Crippen LogP contribution in [0.1, 0.15) is 37.3 Å². The molecule has 4 aromatic rings. The van der Waals surface area contributed by atoms with Crippen molar-refractivity contribution >= 4 is 23.0 Å². The van der Waals surface area contributed by atoms with Crippen molar-refractivity contribution in [1.29, 1.82) is 0 Å². The average Bonchev–Trinajstić information content (AvgIpc) is 3.45. The molecule has 5 rings (SSSR count). The Bertz CT molecular complexity index is 1270. The summed E-state index contributed by atoms with van der Waals surface area (Å²) in [5.74, 6) is 1.06. The van der Waals surface area contributed by atoms with E-state index in [4.69, 9.17) is 17.0 Å². The largest absolute Gasteiger partial charge is 0.508 e. The maximum atomic E-state index is 9.77. The Kier molecular flexibility index (Phi) is 5.94. The van der Waals surface area contributed by atoms with Crippen LogP contribution in [0.3, 0.4) is 0 Å². The van der Waals surface area contributed by atoms with Crippen molar-refractivity contribution in [3.05, 3.63) is 103 Å². The standard InChI is InChI=1S/C27H26N4O2S/c1-18(2)33-22-14-10-20(11-15-22)31-26(25(29-27(31)34)23-6-3-4-16-28-23)24-7-5-17-30(24)19-8-12-21(32)13-9-19/h3-18,25-26,32H,1-2H3,(H,29,34)/t25-,26-/m1/s1. The number of phenols is 1. The number of hydrogen-bond acceptors (Lipinski definition) is 4. The van der Waals surface area contributed by atoms with Gasteiger partial charge in [0.1, 0.15) is 17.5 Å². The molecule has 2 aromatic heterocycles. The number of aromatic hydroxyl groups is 1. The summed E-state index contributed by atoms with van der Waals surface area (Å²) in [5.41, 5.74) is 3.89. The topological polar surface area (TPSA) is 62.5 Å². The zero-order chi connectivity index (χ0) is 23.7. The molecule has 1 aliphatic heterocycles. The Balaban J connectivity index is 1.60. The van der Waals surface area contributed by atoms with E-state index in [9.17, 15) is 5.11 Å². The molecule has 1 aliphatic rings. The van der Waals surface area contributed by atoms with Crippen LogP contribution in [-0.4, -0.2) is 25.9 Å². The SMILES string of the molecule is CC(C)Oc1ccc(N2C(=S)N[C@H](c3ccccn3)[C@H]2c2cccn2-c2ccc(O)cc2)cc1. The van der Waals surface area contributed by atoms with Gasteiger partial charge < -0.3 is 24.6 Å². The van der Waals surface area contributed by atoms with Crippen LogP contribution in [-0.2, 0) is 0 Å². The predicted molar refractivity (Wildman–Crippen MR) is 138 cm³/mol. The van der Waals surface area contributed by atoms with E-state index in [1.165, 1.54) is 0 Å². The van der Waals surface area contributed by atoms with Crippen molar-refractivity contribution in [1.82, 2.24) is 14.9 Å². The van der Waals surface area contributed by atoms with E-state index in [1.54, 1.807) is 18.3 Å². The van der Waals surface area contributed by atoms with Crippen molar-refractivity contribution in [3.8, 4) is 17.2 Å². The van der Waals surface area contributed by atoms with Gasteiger partial charge in [-0.2, -0.15) is 0 Å². The third kappa shape index (κ3) is 4.22. The number of anilines is 1. The minimum atomic E-state index is -0.150. The van der Waals surface area contributed by atoms with Gasteiger partial charge in [0.2, 0.25) is 0 Å². The molecule has 0 unspecified atom stereocenters. The lowest BCUT2D eigenvalue weighted by molar-refractivity contribution is 0.242. The Hall–Kier alpha value is -3.84. The fourth-order valence-electron chi connectivity index (χ4n) is 4.37. The molecular weight excluding hydrogens is 444 g/mol. The molecule has 0 aliphatic carbocycles. The molecule has 0 bridgehead atoms. The van der Waals surface area contributed by atoms with Gasteiger partial charge in [-0.1, -0.05) is 6.07 Å². The first-order chi connectivity index (χ1) is 16.5. The molecule has 3 heterocycles. The number of thiocarbonyl (C=S) groups is 1. The van der Waals surface area contributed by atoms with Gasteiger partial charge in [-0.25, -0.2) is 0 Å². The summed E-state index contributed by atoms with van der Waals surface area (Å²) in [7, 11) is 0. The smallest absolute Gasteiger partial charge is 0.174 e. The lowest BCUT2D eigenvalue weighted by Crippen LogP contribution is -2.30. The maximum absolute atomic E-state index is 9.77. The molecule has 1 fully saturated rings. The van der Waals surface area contributed by atoms with Gasteiger partial charge in [-0.15, -0.1) is 0 Å². The third-order valence-corrected chi connectivity index (χ3v) is 6.11. The molecule has 0 saturated carbocycles. The first-order valence-corrected chi connectivity index (χ1v) is 11.7. The summed E-state index contributed by atoms with van der Waals surface area (Å²) in [6.45, 7) is 4.02. The minimum absolute atomic E-state index is 0.107. The molecule has 0 radical (unpaired) electrons. The second-order valence-corrected chi connectivity index (χ2v) is 8.86. The van der Waals surface area contributed by atoms with E-state index in [0.717, 1.165) is 28.5 Å². The van der Waals surface area contributed by atoms with Crippen LogP contribution in [0.5, 0.6) is 11.5 Å². The lowest BCUT2D eigenvalue weighted by Gasteiger charge is -2.29. The maximum Gasteiger partial charge on any atom is 0.174 e. The number of benzene rings is 2. The Morgan fingerprint density at radius 2 is 1.68 bits per heavy atom. The quantitative estimate of drug-likeness (QED) is 0.361. The highest BCUT2D eigenvalue weighted by Crippen LogP contribution is 2.42. The van der Waals surface area contributed by atoms with Crippen LogP contribution in [0, 0.1) is 0 Å². The van der Waals surface area contributed by atoms with E-state index >= 15 is 0 Å². The summed E-state index contributed by atoms with van der Waals surface area (Å²) in [6, 6.07) is 25.0. The third-order valence-electron chi connectivity index (χ3n) is 5.80. The first kappa shape index (κ1) is 22.0. The molecule has 2 atom stereocenters. The van der Waals surface area contributed by atoms with Crippen molar-refractivity contribution in [2.45, 2.75) is 32.0 Å². The van der Waals surface area contributed by atoms with Crippen LogP contribution in [0.2, 0.25) is 0 Å². The van der Waals surface area contributed by atoms with Crippen LogP contribution in [0.15, 0.2) is 91.3 Å². The molecule has 2 N–H and O–H groups in total. The number of phenolic OH excluding ortho intramolecular Hbond substituents is 1. The lowest BCUT2D eigenvalue weighted by atomic mass is 10.0. The number of nitrogens with one attached hydrogen (secondary N) is 1. The second kappa shape index (κ2) is 9.19. The second-order valence-electron chi connectivity index (χ2n) is 8.48. The molecule has 1 saturated heterocycles. The zero-order valence-corrected chi connectivity index (χ0v) is 19.8. The van der Waals surface area contributed by atoms with E-state index in [-0.39, 0.29) is 23.9 Å². The van der Waals surface area contributed by atoms with Crippen LogP contribution in [0.4, 0.5) is 5.69 Å². The van der Waals surface area contributed by atoms with Crippen LogP contribution >= 0.6 is 12.2 Å². The number of nitrogens with zero attached hydrogens (tertiary/aromatic N) is 3. The summed E-state index contributed by atoms with van der Waals surface area (Å²) in [6.07, 6.45) is 3.93. The number of rotatable bonds is 6. The Morgan fingerprint density at radius 3 is 2.35 bits per heavy atom. The van der Waals surface area contributed by atoms with Crippen molar-refractivity contribution in [3.63, 3.8) is 0 Å². The summed E-state index contributed by atoms with van der Waals surface area (Å²) in [4.78, 5) is 6.77. The minimum Gasteiger partial charge on any atom is -0.508 e. The van der Waals surface area contributed by atoms with E-state index in [1.807, 2.05) is 80.7 Å². The van der Waals surface area contributed by atoms with E-state index in [0.29, 0.717) is 5.11 Å². The van der Waals surface area contributed by atoms with Gasteiger partial charge in [0.05, 0.1) is 17.8 Å². The predicted octanol–water partition coefficient (Wildman–Crippen LogP) is 5.54. The molecule has 7 heteroatoms. The van der Waals surface area contributed by atoms with Crippen LogP contribution < -0.4 is 15.0 Å². The molecule has 6 nitrogen and oxygen atoms in total. The highest BCUT2D eigenvalue weighted by Gasteiger charge is 2.42. The average molecular weight is 471 g/mol. The van der Waals surface area contributed by atoms with Crippen molar-refractivity contribution in [2.24, 2.45) is 0 Å². The molecule has 172 valence electrons. The van der Waals surface area contributed by atoms with Crippen molar-refractivity contribution in [2.75, 3.05) is 4.90 Å². The van der Waals surface area contributed by atoms with Gasteiger partial charge in [-0.05, 0) is 98.9 Å². The molecule has 0 spiro atoms. The first-order valence-electron chi connectivity index (χ1n) is 11.3. The zero-order valence-electron chi connectivity index (χ0n) is 19.0. The van der Waals surface area contributed by atoms with Gasteiger partial charge in [0.15, 0.2) is 5.11 Å². The fraction of sp³-hybridized carbons (Fsp3) is 0.185. The molecule has 2 aromatic carbocycles. The number of pyridine rings is 1. The fourth-order valence-corrected chi connectivity index (χ4v) is 4.72. The summed E-state index contributed by atoms with van der Waals surface area (Å²) >= 11 is 5.84. The van der Waals surface area contributed by atoms with Gasteiger partial charge in [0.25, 0.3) is 0 Å². The van der Waals surface area contributed by atoms with Crippen molar-refractivity contribution < 1.29 is 9.84 Å². The molecule has 34 heavy (non-hydrogen) atoms. The monoisotopic (exact) mass is 470 g/mol. The van der Waals surface area contributed by atoms with Crippen LogP contribution in [0.25, 0.3) is 5.69 Å². The Morgan fingerprint density at radius 1 is 0.941 bits per heavy atom. The van der Waals surface area contributed by atoms with E-state index < -0.39 is 0 Å². The highest BCUT2D eigenvalue weighted by molar-refractivity contribution is 7.80. The molecular formula is C27H26N4O2S. The highest BCUT2D eigenvalue weighted by atomic mass is 32.1. The van der Waals surface area contributed by atoms with E-state index in [2.05, 4.69) is 25.8 Å².